The number of hydrogen-bond acceptors (Lipinski definition) is 2. The van der Waals surface area contributed by atoms with E-state index in [0.29, 0.717) is 0 Å². The molecule has 0 saturated heterocycles. The first kappa shape index (κ1) is 17.8. The molecule has 0 unspecified atom stereocenters. The number of aromatic nitrogens is 2. The minimum Gasteiger partial charge on any atom is -0.494 e. The molecular formula is C21H25ClN2O. The Morgan fingerprint density at radius 3 is 2.60 bits per heavy atom. The number of halogens is 1. The van der Waals surface area contributed by atoms with E-state index in [2.05, 4.69) is 35.8 Å². The molecule has 0 aliphatic heterocycles. The van der Waals surface area contributed by atoms with Gasteiger partial charge in [-0.05, 0) is 55.7 Å². The fourth-order valence-corrected chi connectivity index (χ4v) is 3.12. The summed E-state index contributed by atoms with van der Waals surface area (Å²) in [6, 6.07) is 16.0. The van der Waals surface area contributed by atoms with Crippen molar-refractivity contribution in [2.24, 2.45) is 0 Å². The van der Waals surface area contributed by atoms with Crippen molar-refractivity contribution in [1.82, 2.24) is 9.55 Å². The molecule has 0 N–H and O–H groups in total. The smallest absolute Gasteiger partial charge is 0.119 e. The van der Waals surface area contributed by atoms with Crippen LogP contribution in [0.15, 0.2) is 48.5 Å². The van der Waals surface area contributed by atoms with Crippen molar-refractivity contribution in [3.63, 3.8) is 0 Å². The van der Waals surface area contributed by atoms with Crippen LogP contribution in [0.4, 0.5) is 0 Å². The van der Waals surface area contributed by atoms with Gasteiger partial charge in [0.05, 0.1) is 17.6 Å². The molecule has 1 aromatic heterocycles. The maximum Gasteiger partial charge on any atom is 0.119 e. The number of rotatable bonds is 9. The maximum absolute atomic E-state index is 5.89. The largest absolute Gasteiger partial charge is 0.494 e. The van der Waals surface area contributed by atoms with Crippen LogP contribution in [0.3, 0.4) is 0 Å². The average molecular weight is 357 g/mol. The Balaban J connectivity index is 1.55. The second kappa shape index (κ2) is 8.91. The van der Waals surface area contributed by atoms with Crippen LogP contribution in [-0.2, 0) is 13.0 Å². The monoisotopic (exact) mass is 356 g/mol. The lowest BCUT2D eigenvalue weighted by Crippen LogP contribution is -2.06. The Bertz CT molecular complexity index is 795. The second-order valence-electron chi connectivity index (χ2n) is 6.28. The van der Waals surface area contributed by atoms with E-state index in [-0.39, 0.29) is 0 Å². The minimum atomic E-state index is 0.721. The van der Waals surface area contributed by atoms with Crippen LogP contribution in [-0.4, -0.2) is 16.2 Å². The van der Waals surface area contributed by atoms with Gasteiger partial charge in [0.25, 0.3) is 0 Å². The molecule has 3 rings (SSSR count). The van der Waals surface area contributed by atoms with E-state index in [9.17, 15) is 0 Å². The van der Waals surface area contributed by atoms with Crippen LogP contribution in [0.25, 0.3) is 11.0 Å². The highest BCUT2D eigenvalue weighted by Crippen LogP contribution is 2.19. The molecule has 2 aromatic carbocycles. The SMILES string of the molecule is CCCCc1nc2ccccc2n1CCCCOc1ccc(Cl)cc1. The molecule has 0 spiro atoms. The standard InChI is InChI=1S/C21H25ClN2O/c1-2-3-10-21-23-19-8-4-5-9-20(19)24(21)15-6-7-16-25-18-13-11-17(22)12-14-18/h4-5,8-9,11-14H,2-3,6-7,10,15-16H2,1H3. The van der Waals surface area contributed by atoms with Gasteiger partial charge in [0.2, 0.25) is 0 Å². The van der Waals surface area contributed by atoms with Gasteiger partial charge >= 0.3 is 0 Å². The lowest BCUT2D eigenvalue weighted by molar-refractivity contribution is 0.303. The van der Waals surface area contributed by atoms with Crippen LogP contribution < -0.4 is 4.74 Å². The van der Waals surface area contributed by atoms with Gasteiger partial charge in [-0.2, -0.15) is 0 Å². The summed E-state index contributed by atoms with van der Waals surface area (Å²) < 4.78 is 8.16. The zero-order valence-corrected chi connectivity index (χ0v) is 15.5. The van der Waals surface area contributed by atoms with Gasteiger partial charge in [-0.25, -0.2) is 4.98 Å². The van der Waals surface area contributed by atoms with E-state index >= 15 is 0 Å². The van der Waals surface area contributed by atoms with E-state index in [1.165, 1.54) is 24.2 Å². The summed E-state index contributed by atoms with van der Waals surface area (Å²) in [6.07, 6.45) is 5.52. The van der Waals surface area contributed by atoms with E-state index in [4.69, 9.17) is 21.3 Å². The number of ether oxygens (including phenoxy) is 1. The fraction of sp³-hybridized carbons (Fsp3) is 0.381. The van der Waals surface area contributed by atoms with Gasteiger partial charge in [0.15, 0.2) is 0 Å². The highest BCUT2D eigenvalue weighted by Gasteiger charge is 2.09. The number of para-hydroxylation sites is 2. The van der Waals surface area contributed by atoms with Crippen LogP contribution >= 0.6 is 11.6 Å². The number of imidazole rings is 1. The Hall–Kier alpha value is -2.00. The van der Waals surface area contributed by atoms with Crippen molar-refractivity contribution in [1.29, 1.82) is 0 Å². The molecule has 0 radical (unpaired) electrons. The third kappa shape index (κ3) is 4.76. The van der Waals surface area contributed by atoms with E-state index in [1.807, 2.05) is 24.3 Å². The zero-order chi connectivity index (χ0) is 17.5. The van der Waals surface area contributed by atoms with E-state index in [0.717, 1.165) is 48.7 Å². The summed E-state index contributed by atoms with van der Waals surface area (Å²) in [5.74, 6) is 2.09. The van der Waals surface area contributed by atoms with Crippen LogP contribution in [0, 0.1) is 0 Å². The maximum atomic E-state index is 5.89. The van der Waals surface area contributed by atoms with E-state index in [1.54, 1.807) is 0 Å². The third-order valence-electron chi connectivity index (χ3n) is 4.35. The molecule has 0 aliphatic rings. The Morgan fingerprint density at radius 2 is 1.80 bits per heavy atom. The minimum absolute atomic E-state index is 0.721. The highest BCUT2D eigenvalue weighted by atomic mass is 35.5. The third-order valence-corrected chi connectivity index (χ3v) is 4.60. The number of benzene rings is 2. The molecule has 1 heterocycles. The molecule has 0 amide bonds. The van der Waals surface area contributed by atoms with Gasteiger partial charge in [-0.1, -0.05) is 37.1 Å². The van der Waals surface area contributed by atoms with Gasteiger partial charge in [0.1, 0.15) is 11.6 Å². The molecule has 4 heteroatoms. The predicted octanol–water partition coefficient (Wildman–Crippen LogP) is 5.89. The van der Waals surface area contributed by atoms with Gasteiger partial charge in [-0.3, -0.25) is 0 Å². The molecule has 0 fully saturated rings. The number of hydrogen-bond donors (Lipinski definition) is 0. The van der Waals surface area contributed by atoms with Crippen molar-refractivity contribution < 1.29 is 4.74 Å². The molecular weight excluding hydrogens is 332 g/mol. The second-order valence-corrected chi connectivity index (χ2v) is 6.72. The van der Waals surface area contributed by atoms with Gasteiger partial charge in [0, 0.05) is 18.0 Å². The lowest BCUT2D eigenvalue weighted by atomic mass is 10.2. The summed E-state index contributed by atoms with van der Waals surface area (Å²) in [5.41, 5.74) is 2.35. The van der Waals surface area contributed by atoms with Crippen molar-refractivity contribution in [2.75, 3.05) is 6.61 Å². The summed E-state index contributed by atoms with van der Waals surface area (Å²) >= 11 is 5.89. The zero-order valence-electron chi connectivity index (χ0n) is 14.7. The Kier molecular flexibility index (Phi) is 6.35. The summed E-state index contributed by atoms with van der Waals surface area (Å²) in [5, 5.41) is 0.735. The molecule has 3 nitrogen and oxygen atoms in total. The number of fused-ring (bicyclic) bond motifs is 1. The molecule has 3 aromatic rings. The summed E-state index contributed by atoms with van der Waals surface area (Å²) in [6.45, 7) is 3.93. The first-order valence-electron chi connectivity index (χ1n) is 9.10. The Labute approximate surface area is 154 Å². The quantitative estimate of drug-likeness (QED) is 0.447. The van der Waals surface area contributed by atoms with Crippen LogP contribution in [0.5, 0.6) is 5.75 Å². The first-order valence-corrected chi connectivity index (χ1v) is 9.48. The molecule has 0 bridgehead atoms. The fourth-order valence-electron chi connectivity index (χ4n) is 2.99. The molecule has 132 valence electrons. The van der Waals surface area contributed by atoms with Crippen molar-refractivity contribution in [3.05, 3.63) is 59.4 Å². The Morgan fingerprint density at radius 1 is 1.00 bits per heavy atom. The highest BCUT2D eigenvalue weighted by molar-refractivity contribution is 6.30. The summed E-state index contributed by atoms with van der Waals surface area (Å²) in [7, 11) is 0. The van der Waals surface area contributed by atoms with Gasteiger partial charge < -0.3 is 9.30 Å². The van der Waals surface area contributed by atoms with Crippen molar-refractivity contribution in [3.8, 4) is 5.75 Å². The molecule has 0 atom stereocenters. The molecule has 0 aliphatic carbocycles. The van der Waals surface area contributed by atoms with Crippen molar-refractivity contribution >= 4 is 22.6 Å². The normalized spacial score (nSPS) is 11.1. The van der Waals surface area contributed by atoms with E-state index < -0.39 is 0 Å². The number of aryl methyl sites for hydroxylation is 2. The van der Waals surface area contributed by atoms with Crippen molar-refractivity contribution in [2.45, 2.75) is 45.6 Å². The first-order chi connectivity index (χ1) is 12.3. The topological polar surface area (TPSA) is 27.1 Å². The lowest BCUT2D eigenvalue weighted by Gasteiger charge is -2.10. The molecule has 25 heavy (non-hydrogen) atoms. The molecule has 0 saturated carbocycles. The average Bonchev–Trinajstić information content (AvgIpc) is 2.99. The summed E-state index contributed by atoms with van der Waals surface area (Å²) in [4.78, 5) is 4.82. The number of unbranched alkanes of at least 4 members (excludes halogenated alkanes) is 2. The van der Waals surface area contributed by atoms with Gasteiger partial charge in [-0.15, -0.1) is 0 Å². The van der Waals surface area contributed by atoms with Crippen LogP contribution in [0.2, 0.25) is 5.02 Å². The predicted molar refractivity (Wildman–Crippen MR) is 105 cm³/mol. The number of nitrogens with zero attached hydrogens (tertiary/aromatic N) is 2. The van der Waals surface area contributed by atoms with Crippen LogP contribution in [0.1, 0.15) is 38.4 Å².